The SMILES string of the molecule is Cc1cccc(CF)c1N. The van der Waals surface area contributed by atoms with E-state index < -0.39 is 6.67 Å². The van der Waals surface area contributed by atoms with Gasteiger partial charge in [-0.3, -0.25) is 0 Å². The van der Waals surface area contributed by atoms with Crippen LogP contribution in [0.25, 0.3) is 0 Å². The number of hydrogen-bond acceptors (Lipinski definition) is 1. The highest BCUT2D eigenvalue weighted by molar-refractivity contribution is 5.52. The molecule has 54 valence electrons. The lowest BCUT2D eigenvalue weighted by Gasteiger charge is -2.02. The number of rotatable bonds is 1. The smallest absolute Gasteiger partial charge is 0.117 e. The number of hydrogen-bond donors (Lipinski definition) is 1. The summed E-state index contributed by atoms with van der Waals surface area (Å²) in [6.07, 6.45) is 0. The van der Waals surface area contributed by atoms with Crippen LogP contribution in [0.2, 0.25) is 0 Å². The van der Waals surface area contributed by atoms with Crippen LogP contribution in [0.5, 0.6) is 0 Å². The molecule has 0 unspecified atom stereocenters. The van der Waals surface area contributed by atoms with Crippen LogP contribution in [0.3, 0.4) is 0 Å². The lowest BCUT2D eigenvalue weighted by Crippen LogP contribution is -1.94. The Morgan fingerprint density at radius 1 is 1.50 bits per heavy atom. The molecule has 0 saturated heterocycles. The third-order valence-corrected chi connectivity index (χ3v) is 1.56. The summed E-state index contributed by atoms with van der Waals surface area (Å²) in [5.74, 6) is 0. The second-order valence-corrected chi connectivity index (χ2v) is 2.28. The molecule has 1 rings (SSSR count). The fourth-order valence-electron chi connectivity index (χ4n) is 0.858. The molecule has 10 heavy (non-hydrogen) atoms. The summed E-state index contributed by atoms with van der Waals surface area (Å²) in [5.41, 5.74) is 7.65. The minimum atomic E-state index is -0.479. The van der Waals surface area contributed by atoms with Gasteiger partial charge in [-0.15, -0.1) is 0 Å². The fourth-order valence-corrected chi connectivity index (χ4v) is 0.858. The normalized spacial score (nSPS) is 9.80. The van der Waals surface area contributed by atoms with E-state index in [4.69, 9.17) is 5.73 Å². The molecule has 0 atom stereocenters. The van der Waals surface area contributed by atoms with E-state index in [1.807, 2.05) is 13.0 Å². The number of anilines is 1. The Morgan fingerprint density at radius 3 is 2.70 bits per heavy atom. The summed E-state index contributed by atoms with van der Waals surface area (Å²) >= 11 is 0. The molecule has 0 saturated carbocycles. The van der Waals surface area contributed by atoms with Gasteiger partial charge < -0.3 is 5.73 Å². The summed E-state index contributed by atoms with van der Waals surface area (Å²) in [6.45, 7) is 1.39. The lowest BCUT2D eigenvalue weighted by molar-refractivity contribution is 0.486. The molecule has 0 spiro atoms. The standard InChI is InChI=1S/C8H10FN/c1-6-3-2-4-7(5-9)8(6)10/h2-4H,5,10H2,1H3. The quantitative estimate of drug-likeness (QED) is 0.592. The van der Waals surface area contributed by atoms with Gasteiger partial charge in [-0.2, -0.15) is 0 Å². The van der Waals surface area contributed by atoms with Gasteiger partial charge in [0.2, 0.25) is 0 Å². The van der Waals surface area contributed by atoms with E-state index in [1.165, 1.54) is 0 Å². The first-order valence-corrected chi connectivity index (χ1v) is 3.15. The third-order valence-electron chi connectivity index (χ3n) is 1.56. The van der Waals surface area contributed by atoms with Crippen LogP contribution >= 0.6 is 0 Å². The second kappa shape index (κ2) is 2.69. The van der Waals surface area contributed by atoms with Gasteiger partial charge in [-0.1, -0.05) is 18.2 Å². The Hall–Kier alpha value is -1.05. The molecule has 2 N–H and O–H groups in total. The van der Waals surface area contributed by atoms with Crippen molar-refractivity contribution < 1.29 is 4.39 Å². The van der Waals surface area contributed by atoms with Crippen molar-refractivity contribution >= 4 is 5.69 Å². The Balaban J connectivity index is 3.14. The van der Waals surface area contributed by atoms with Crippen LogP contribution in [0.15, 0.2) is 18.2 Å². The predicted octanol–water partition coefficient (Wildman–Crippen LogP) is 2.05. The van der Waals surface area contributed by atoms with Crippen molar-refractivity contribution in [1.82, 2.24) is 0 Å². The highest BCUT2D eigenvalue weighted by Gasteiger charge is 1.98. The molecule has 1 aromatic rings. The molecule has 0 heterocycles. The van der Waals surface area contributed by atoms with Crippen LogP contribution < -0.4 is 5.73 Å². The maximum Gasteiger partial charge on any atom is 0.117 e. The van der Waals surface area contributed by atoms with Crippen molar-refractivity contribution in [3.8, 4) is 0 Å². The van der Waals surface area contributed by atoms with Gasteiger partial charge in [-0.05, 0) is 12.5 Å². The predicted molar refractivity (Wildman–Crippen MR) is 40.4 cm³/mol. The minimum Gasteiger partial charge on any atom is -0.398 e. The minimum absolute atomic E-state index is 0.479. The molecule has 2 heteroatoms. The van der Waals surface area contributed by atoms with Gasteiger partial charge in [0.05, 0.1) is 0 Å². The molecule has 0 radical (unpaired) electrons. The fraction of sp³-hybridized carbons (Fsp3) is 0.250. The topological polar surface area (TPSA) is 26.0 Å². The number of nitrogens with two attached hydrogens (primary N) is 1. The Kier molecular flexibility index (Phi) is 1.90. The first-order chi connectivity index (χ1) is 4.75. The summed E-state index contributed by atoms with van der Waals surface area (Å²) < 4.78 is 12.1. The number of alkyl halides is 1. The molecule has 0 amide bonds. The summed E-state index contributed by atoms with van der Waals surface area (Å²) in [6, 6.07) is 5.37. The van der Waals surface area contributed by atoms with Crippen LogP contribution in [0.4, 0.5) is 10.1 Å². The largest absolute Gasteiger partial charge is 0.398 e. The highest BCUT2D eigenvalue weighted by atomic mass is 19.1. The molecule has 1 nitrogen and oxygen atoms in total. The van der Waals surface area contributed by atoms with Crippen molar-refractivity contribution in [3.05, 3.63) is 29.3 Å². The van der Waals surface area contributed by atoms with Crippen LogP contribution in [0, 0.1) is 6.92 Å². The Morgan fingerprint density at radius 2 is 2.20 bits per heavy atom. The molecular formula is C8H10FN. The number of halogens is 1. The van der Waals surface area contributed by atoms with Crippen molar-refractivity contribution in [2.24, 2.45) is 0 Å². The Bertz CT molecular complexity index is 233. The molecule has 0 aromatic heterocycles. The average molecular weight is 139 g/mol. The van der Waals surface area contributed by atoms with Gasteiger partial charge in [0.1, 0.15) is 6.67 Å². The molecule has 0 aliphatic carbocycles. The zero-order valence-electron chi connectivity index (χ0n) is 5.89. The van der Waals surface area contributed by atoms with E-state index in [9.17, 15) is 4.39 Å². The molecule has 0 fully saturated rings. The summed E-state index contributed by atoms with van der Waals surface area (Å²) in [5, 5.41) is 0. The summed E-state index contributed by atoms with van der Waals surface area (Å²) in [4.78, 5) is 0. The van der Waals surface area contributed by atoms with Gasteiger partial charge in [0.25, 0.3) is 0 Å². The molecule has 1 aromatic carbocycles. The van der Waals surface area contributed by atoms with Crippen molar-refractivity contribution in [2.45, 2.75) is 13.6 Å². The van der Waals surface area contributed by atoms with Gasteiger partial charge in [-0.25, -0.2) is 4.39 Å². The first kappa shape index (κ1) is 7.06. The molecule has 0 aliphatic rings. The Labute approximate surface area is 59.7 Å². The van der Waals surface area contributed by atoms with Crippen LogP contribution in [-0.2, 0) is 6.67 Å². The van der Waals surface area contributed by atoms with Crippen molar-refractivity contribution in [3.63, 3.8) is 0 Å². The van der Waals surface area contributed by atoms with E-state index >= 15 is 0 Å². The zero-order chi connectivity index (χ0) is 7.56. The third kappa shape index (κ3) is 1.10. The van der Waals surface area contributed by atoms with Gasteiger partial charge >= 0.3 is 0 Å². The van der Waals surface area contributed by atoms with E-state index in [0.717, 1.165) is 5.56 Å². The number of nitrogen functional groups attached to an aromatic ring is 1. The highest BCUT2D eigenvalue weighted by Crippen LogP contribution is 2.16. The number of aryl methyl sites for hydroxylation is 1. The van der Waals surface area contributed by atoms with E-state index in [1.54, 1.807) is 12.1 Å². The van der Waals surface area contributed by atoms with E-state index in [-0.39, 0.29) is 0 Å². The lowest BCUT2D eigenvalue weighted by atomic mass is 10.1. The van der Waals surface area contributed by atoms with Crippen LogP contribution in [0.1, 0.15) is 11.1 Å². The monoisotopic (exact) mass is 139 g/mol. The maximum absolute atomic E-state index is 12.1. The maximum atomic E-state index is 12.1. The molecule has 0 bridgehead atoms. The van der Waals surface area contributed by atoms with Crippen LogP contribution in [-0.4, -0.2) is 0 Å². The molecule has 0 aliphatic heterocycles. The van der Waals surface area contributed by atoms with E-state index in [2.05, 4.69) is 0 Å². The van der Waals surface area contributed by atoms with Crippen molar-refractivity contribution in [2.75, 3.05) is 5.73 Å². The van der Waals surface area contributed by atoms with Crippen molar-refractivity contribution in [1.29, 1.82) is 0 Å². The summed E-state index contributed by atoms with van der Waals surface area (Å²) in [7, 11) is 0. The number of para-hydroxylation sites is 1. The zero-order valence-corrected chi connectivity index (χ0v) is 5.89. The number of benzene rings is 1. The second-order valence-electron chi connectivity index (χ2n) is 2.28. The molecular weight excluding hydrogens is 129 g/mol. The first-order valence-electron chi connectivity index (χ1n) is 3.15. The average Bonchev–Trinajstić information content (AvgIpc) is 1.95. The van der Waals surface area contributed by atoms with E-state index in [0.29, 0.717) is 11.3 Å². The van der Waals surface area contributed by atoms with Gasteiger partial charge in [0.15, 0.2) is 0 Å². The van der Waals surface area contributed by atoms with Gasteiger partial charge in [0, 0.05) is 11.3 Å².